The van der Waals surface area contributed by atoms with Gasteiger partial charge in [0.05, 0.1) is 9.82 Å². The molecule has 2 aromatic carbocycles. The first-order valence-corrected chi connectivity index (χ1v) is 10.4. The Bertz CT molecular complexity index is 955. The predicted octanol–water partition coefficient (Wildman–Crippen LogP) is 2.43. The maximum atomic E-state index is 12.6. The van der Waals surface area contributed by atoms with Gasteiger partial charge in [0.2, 0.25) is 10.0 Å². The first-order chi connectivity index (χ1) is 13.4. The molecule has 1 amide bonds. The summed E-state index contributed by atoms with van der Waals surface area (Å²) in [6.45, 7) is 1.11. The zero-order valence-corrected chi connectivity index (χ0v) is 16.0. The average Bonchev–Trinajstić information content (AvgIpc) is 2.73. The van der Waals surface area contributed by atoms with E-state index in [0.29, 0.717) is 32.5 Å². The Balaban J connectivity index is 1.55. The van der Waals surface area contributed by atoms with Crippen LogP contribution in [0.4, 0.5) is 5.69 Å². The highest BCUT2D eigenvalue weighted by Gasteiger charge is 2.29. The smallest absolute Gasteiger partial charge is 0.282 e. The lowest BCUT2D eigenvalue weighted by Gasteiger charge is -2.31. The molecule has 1 heterocycles. The highest BCUT2D eigenvalue weighted by atomic mass is 32.2. The van der Waals surface area contributed by atoms with Crippen LogP contribution in [-0.4, -0.2) is 43.2 Å². The molecule has 0 saturated carbocycles. The first-order valence-electron chi connectivity index (χ1n) is 8.96. The Kier molecular flexibility index (Phi) is 6.05. The Labute approximate surface area is 163 Å². The second kappa shape index (κ2) is 8.49. The second-order valence-electron chi connectivity index (χ2n) is 6.64. The Morgan fingerprint density at radius 1 is 1.07 bits per heavy atom. The van der Waals surface area contributed by atoms with Gasteiger partial charge in [-0.2, -0.15) is 4.31 Å². The number of amides is 1. The molecule has 9 heteroatoms. The number of carbonyl (C=O) groups excluding carboxylic acids is 1. The molecule has 1 aliphatic heterocycles. The number of carbonyl (C=O) groups is 1. The number of hydrogen-bond donors (Lipinski definition) is 1. The van der Waals surface area contributed by atoms with Crippen molar-refractivity contribution in [3.63, 3.8) is 0 Å². The van der Waals surface area contributed by atoms with Crippen LogP contribution < -0.4 is 5.32 Å². The van der Waals surface area contributed by atoms with E-state index in [-0.39, 0.29) is 22.1 Å². The summed E-state index contributed by atoms with van der Waals surface area (Å²) in [6, 6.07) is 14.1. The molecule has 1 saturated heterocycles. The number of nitro groups is 1. The van der Waals surface area contributed by atoms with Crippen LogP contribution in [0.1, 0.15) is 23.2 Å². The van der Waals surface area contributed by atoms with Crippen molar-refractivity contribution in [1.29, 1.82) is 0 Å². The monoisotopic (exact) mass is 403 g/mol. The molecule has 1 aliphatic rings. The van der Waals surface area contributed by atoms with Crippen molar-refractivity contribution in [3.05, 3.63) is 70.3 Å². The van der Waals surface area contributed by atoms with Crippen LogP contribution in [0.3, 0.4) is 0 Å². The molecule has 0 unspecified atom stereocenters. The molecule has 3 rings (SSSR count). The normalized spacial score (nSPS) is 15.9. The topological polar surface area (TPSA) is 110 Å². The lowest BCUT2D eigenvalue weighted by molar-refractivity contribution is -0.385. The van der Waals surface area contributed by atoms with E-state index < -0.39 is 20.9 Å². The van der Waals surface area contributed by atoms with E-state index >= 15 is 0 Å². The standard InChI is InChI=1S/C19H21N3O5S/c23-19(17-8-4-5-9-18(17)22(24)25)20-14-15-10-12-21(13-11-15)28(26,27)16-6-2-1-3-7-16/h1-9,15H,10-14H2,(H,20,23). The fraction of sp³-hybridized carbons (Fsp3) is 0.316. The third kappa shape index (κ3) is 4.37. The highest BCUT2D eigenvalue weighted by Crippen LogP contribution is 2.24. The molecule has 1 N–H and O–H groups in total. The number of rotatable bonds is 6. The van der Waals surface area contributed by atoms with Gasteiger partial charge in [0, 0.05) is 25.7 Å². The minimum atomic E-state index is -3.50. The van der Waals surface area contributed by atoms with Crippen molar-refractivity contribution < 1.29 is 18.1 Å². The van der Waals surface area contributed by atoms with E-state index in [2.05, 4.69) is 5.32 Å². The molecule has 0 atom stereocenters. The van der Waals surface area contributed by atoms with E-state index in [1.54, 1.807) is 36.4 Å². The van der Waals surface area contributed by atoms with Gasteiger partial charge in [-0.3, -0.25) is 14.9 Å². The highest BCUT2D eigenvalue weighted by molar-refractivity contribution is 7.89. The zero-order valence-electron chi connectivity index (χ0n) is 15.2. The van der Waals surface area contributed by atoms with Crippen molar-refractivity contribution in [2.24, 2.45) is 5.92 Å². The first kappa shape index (κ1) is 20.0. The van der Waals surface area contributed by atoms with Crippen molar-refractivity contribution in [3.8, 4) is 0 Å². The molecule has 2 aromatic rings. The maximum absolute atomic E-state index is 12.6. The summed E-state index contributed by atoms with van der Waals surface area (Å²) in [4.78, 5) is 23.0. The summed E-state index contributed by atoms with van der Waals surface area (Å²) < 4.78 is 26.7. The van der Waals surface area contributed by atoms with Gasteiger partial charge in [-0.1, -0.05) is 30.3 Å². The van der Waals surface area contributed by atoms with Crippen molar-refractivity contribution in [2.75, 3.05) is 19.6 Å². The van der Waals surface area contributed by atoms with Crippen LogP contribution >= 0.6 is 0 Å². The molecule has 0 aromatic heterocycles. The Hall–Kier alpha value is -2.78. The molecule has 1 fully saturated rings. The minimum absolute atomic E-state index is 0.0246. The van der Waals surface area contributed by atoms with Crippen molar-refractivity contribution in [1.82, 2.24) is 9.62 Å². The van der Waals surface area contributed by atoms with Gasteiger partial charge in [-0.15, -0.1) is 0 Å². The number of hydrogen-bond acceptors (Lipinski definition) is 5. The summed E-state index contributed by atoms with van der Waals surface area (Å²) in [7, 11) is -3.50. The number of nitrogens with one attached hydrogen (secondary N) is 1. The van der Waals surface area contributed by atoms with Gasteiger partial charge in [-0.05, 0) is 37.0 Å². The van der Waals surface area contributed by atoms with E-state index in [1.165, 1.54) is 22.5 Å². The third-order valence-corrected chi connectivity index (χ3v) is 6.76. The fourth-order valence-corrected chi connectivity index (χ4v) is 4.74. The minimum Gasteiger partial charge on any atom is -0.352 e. The molecule has 0 radical (unpaired) electrons. The molecule has 8 nitrogen and oxygen atoms in total. The summed E-state index contributed by atoms with van der Waals surface area (Å²) in [5, 5.41) is 13.8. The molecular weight excluding hydrogens is 382 g/mol. The maximum Gasteiger partial charge on any atom is 0.282 e. The van der Waals surface area contributed by atoms with Gasteiger partial charge in [0.25, 0.3) is 11.6 Å². The van der Waals surface area contributed by atoms with Gasteiger partial charge < -0.3 is 5.32 Å². The molecule has 28 heavy (non-hydrogen) atoms. The molecule has 0 bridgehead atoms. The largest absolute Gasteiger partial charge is 0.352 e. The number of nitrogens with zero attached hydrogens (tertiary/aromatic N) is 2. The quantitative estimate of drug-likeness (QED) is 0.588. The number of benzene rings is 2. The van der Waals surface area contributed by atoms with E-state index in [1.807, 2.05) is 0 Å². The van der Waals surface area contributed by atoms with Crippen LogP contribution in [-0.2, 0) is 10.0 Å². The molecule has 0 aliphatic carbocycles. The van der Waals surface area contributed by atoms with Gasteiger partial charge in [0.15, 0.2) is 0 Å². The number of sulfonamides is 1. The Morgan fingerprint density at radius 2 is 1.68 bits per heavy atom. The summed E-state index contributed by atoms with van der Waals surface area (Å²) in [6.07, 6.45) is 1.23. The summed E-state index contributed by atoms with van der Waals surface area (Å²) in [5.74, 6) is -0.374. The van der Waals surface area contributed by atoms with Gasteiger partial charge in [0.1, 0.15) is 5.56 Å². The van der Waals surface area contributed by atoms with E-state index in [0.717, 1.165) is 0 Å². The predicted molar refractivity (Wildman–Crippen MR) is 103 cm³/mol. The molecule has 148 valence electrons. The lowest BCUT2D eigenvalue weighted by Crippen LogP contribution is -2.41. The average molecular weight is 403 g/mol. The van der Waals surface area contributed by atoms with Gasteiger partial charge in [-0.25, -0.2) is 8.42 Å². The third-order valence-electron chi connectivity index (χ3n) is 4.85. The van der Waals surface area contributed by atoms with Gasteiger partial charge >= 0.3 is 0 Å². The van der Waals surface area contributed by atoms with Crippen LogP contribution in [0.25, 0.3) is 0 Å². The fourth-order valence-electron chi connectivity index (χ4n) is 3.25. The van der Waals surface area contributed by atoms with Crippen LogP contribution in [0.5, 0.6) is 0 Å². The zero-order chi connectivity index (χ0) is 20.1. The SMILES string of the molecule is O=C(NCC1CCN(S(=O)(=O)c2ccccc2)CC1)c1ccccc1[N+](=O)[O-]. The molecular formula is C19H21N3O5S. The second-order valence-corrected chi connectivity index (χ2v) is 8.58. The number of piperidine rings is 1. The number of para-hydroxylation sites is 1. The Morgan fingerprint density at radius 3 is 2.32 bits per heavy atom. The lowest BCUT2D eigenvalue weighted by atomic mass is 9.98. The molecule has 0 spiro atoms. The van der Waals surface area contributed by atoms with Crippen molar-refractivity contribution >= 4 is 21.6 Å². The van der Waals surface area contributed by atoms with E-state index in [9.17, 15) is 23.3 Å². The summed E-state index contributed by atoms with van der Waals surface area (Å²) >= 11 is 0. The van der Waals surface area contributed by atoms with Crippen LogP contribution in [0, 0.1) is 16.0 Å². The summed E-state index contributed by atoms with van der Waals surface area (Å²) in [5.41, 5.74) is -0.208. The van der Waals surface area contributed by atoms with Crippen LogP contribution in [0.15, 0.2) is 59.5 Å². The van der Waals surface area contributed by atoms with E-state index in [4.69, 9.17) is 0 Å². The van der Waals surface area contributed by atoms with Crippen molar-refractivity contribution in [2.45, 2.75) is 17.7 Å². The number of nitro benzene ring substituents is 1. The van der Waals surface area contributed by atoms with Crippen LogP contribution in [0.2, 0.25) is 0 Å².